The number of hydrogen-bond acceptors (Lipinski definition) is 6. The molecule has 5 N–H and O–H groups in total. The highest BCUT2D eigenvalue weighted by Crippen LogP contribution is 2.43. The third-order valence-corrected chi connectivity index (χ3v) is 5.08. The second-order valence-corrected chi connectivity index (χ2v) is 6.94. The number of dihydropyridines is 1. The van der Waals surface area contributed by atoms with Gasteiger partial charge in [0.25, 0.3) is 0 Å². The fraction of sp³-hybridized carbons (Fsp3) is 0.350. The van der Waals surface area contributed by atoms with Crippen LogP contribution in [0.15, 0.2) is 58.6 Å². The van der Waals surface area contributed by atoms with Crippen molar-refractivity contribution in [3.63, 3.8) is 0 Å². The summed E-state index contributed by atoms with van der Waals surface area (Å²) < 4.78 is 38.4. The first-order valence-electron chi connectivity index (χ1n) is 9.36. The molecule has 7 nitrogen and oxygen atoms in total. The minimum Gasteiger partial charge on any atom is -0.486 e. The average Bonchev–Trinajstić information content (AvgIpc) is 3.07. The van der Waals surface area contributed by atoms with Gasteiger partial charge in [-0.1, -0.05) is 12.1 Å². The van der Waals surface area contributed by atoms with E-state index in [0.717, 1.165) is 18.8 Å². The minimum atomic E-state index is -2.98. The van der Waals surface area contributed by atoms with E-state index in [1.54, 1.807) is 12.1 Å². The van der Waals surface area contributed by atoms with Gasteiger partial charge < -0.3 is 31.2 Å². The fourth-order valence-electron chi connectivity index (χ4n) is 3.51. The Hall–Kier alpha value is -3.07. The molecular weight excluding hydrogens is 380 g/mol. The van der Waals surface area contributed by atoms with Gasteiger partial charge in [0.2, 0.25) is 0 Å². The summed E-state index contributed by atoms with van der Waals surface area (Å²) >= 11 is 0. The van der Waals surface area contributed by atoms with Crippen LogP contribution in [-0.2, 0) is 17.2 Å². The first kappa shape index (κ1) is 19.3. The van der Waals surface area contributed by atoms with Crippen molar-refractivity contribution in [2.24, 2.45) is 16.5 Å². The van der Waals surface area contributed by atoms with Gasteiger partial charge in [-0.2, -0.15) is 8.78 Å². The predicted molar refractivity (Wildman–Crippen MR) is 105 cm³/mol. The monoisotopic (exact) mass is 403 g/mol. The highest BCUT2D eigenvalue weighted by Gasteiger charge is 2.42. The number of halogens is 2. The molecule has 1 fully saturated rings. The molecule has 0 radical (unpaired) electrons. The molecule has 3 aliphatic heterocycles. The lowest BCUT2D eigenvalue weighted by Gasteiger charge is -2.32. The fourth-order valence-corrected chi connectivity index (χ4v) is 3.51. The van der Waals surface area contributed by atoms with E-state index in [1.807, 2.05) is 12.3 Å². The van der Waals surface area contributed by atoms with Crippen LogP contribution in [0.3, 0.4) is 0 Å². The van der Waals surface area contributed by atoms with Crippen molar-refractivity contribution in [3.8, 4) is 5.75 Å². The van der Waals surface area contributed by atoms with E-state index >= 15 is 0 Å². The average molecular weight is 403 g/mol. The number of rotatable bonds is 4. The number of benzene rings is 1. The van der Waals surface area contributed by atoms with E-state index in [4.69, 9.17) is 20.9 Å². The summed E-state index contributed by atoms with van der Waals surface area (Å²) in [5.41, 5.74) is 14.6. The van der Waals surface area contributed by atoms with Crippen LogP contribution in [0.1, 0.15) is 11.1 Å². The Balaban J connectivity index is 1.57. The highest BCUT2D eigenvalue weighted by atomic mass is 19.3. The number of alkyl halides is 2. The third kappa shape index (κ3) is 3.77. The second-order valence-electron chi connectivity index (χ2n) is 6.94. The molecule has 0 saturated carbocycles. The number of nitrogens with zero attached hydrogens (tertiary/aromatic N) is 2. The number of morpholine rings is 1. The summed E-state index contributed by atoms with van der Waals surface area (Å²) in [6.45, 7) is 2.34. The maximum atomic E-state index is 13.9. The molecule has 1 aromatic carbocycles. The molecule has 3 heterocycles. The van der Waals surface area contributed by atoms with Gasteiger partial charge >= 0.3 is 5.92 Å². The van der Waals surface area contributed by atoms with Gasteiger partial charge in [0.1, 0.15) is 11.6 Å². The zero-order chi connectivity index (χ0) is 20.4. The molecule has 9 heteroatoms. The van der Waals surface area contributed by atoms with Gasteiger partial charge in [0, 0.05) is 36.6 Å². The van der Waals surface area contributed by atoms with Crippen LogP contribution < -0.4 is 21.5 Å². The van der Waals surface area contributed by atoms with E-state index in [0.29, 0.717) is 30.0 Å². The number of ether oxygens (including phenoxy) is 2. The standard InChI is InChI=1S/C20H23F2N5O2/c21-20(22)12-29-18-13(2-1-3-16(18)20)10-26-19(24)15-8-14(11-25-17(15)9-23)27-4-6-28-7-5-27/h1-3,8-9,11,25H,4-7,10,12,23H2,(H2,24,26)/b17-9+. The number of nitrogens with two attached hydrogens (primary N) is 2. The van der Waals surface area contributed by atoms with Crippen LogP contribution in [0, 0.1) is 0 Å². The van der Waals surface area contributed by atoms with Crippen molar-refractivity contribution in [1.82, 2.24) is 10.2 Å². The summed E-state index contributed by atoms with van der Waals surface area (Å²) in [6.07, 6.45) is 5.20. The largest absolute Gasteiger partial charge is 0.486 e. The first-order chi connectivity index (χ1) is 14.0. The molecule has 29 heavy (non-hydrogen) atoms. The SMILES string of the molecule is N/C=C1/NC=C(N2CCOCC2)C=C1C(N)=NCc1cccc2c1OCC2(F)F. The van der Waals surface area contributed by atoms with Crippen molar-refractivity contribution in [2.75, 3.05) is 32.9 Å². The number of allylic oxidation sites excluding steroid dienone is 1. The Morgan fingerprint density at radius 2 is 2.10 bits per heavy atom. The molecule has 0 atom stereocenters. The molecule has 0 bridgehead atoms. The van der Waals surface area contributed by atoms with Crippen molar-refractivity contribution >= 4 is 5.84 Å². The zero-order valence-electron chi connectivity index (χ0n) is 15.8. The lowest BCUT2D eigenvalue weighted by atomic mass is 10.1. The van der Waals surface area contributed by atoms with Crippen LogP contribution in [0.5, 0.6) is 5.75 Å². The number of aliphatic imine (C=N–C) groups is 1. The third-order valence-electron chi connectivity index (χ3n) is 5.08. The highest BCUT2D eigenvalue weighted by molar-refractivity contribution is 6.01. The lowest BCUT2D eigenvalue weighted by Crippen LogP contribution is -2.37. The predicted octanol–water partition coefficient (Wildman–Crippen LogP) is 1.53. The first-order valence-corrected chi connectivity index (χ1v) is 9.36. The summed E-state index contributed by atoms with van der Waals surface area (Å²) in [7, 11) is 0. The lowest BCUT2D eigenvalue weighted by molar-refractivity contribution is -0.0214. The molecule has 154 valence electrons. The van der Waals surface area contributed by atoms with Crippen LogP contribution >= 0.6 is 0 Å². The van der Waals surface area contributed by atoms with E-state index in [-0.39, 0.29) is 23.7 Å². The van der Waals surface area contributed by atoms with Crippen LogP contribution in [0.2, 0.25) is 0 Å². The van der Waals surface area contributed by atoms with Gasteiger partial charge in [-0.3, -0.25) is 4.99 Å². The van der Waals surface area contributed by atoms with Crippen molar-refractivity contribution in [3.05, 3.63) is 64.8 Å². The second kappa shape index (κ2) is 7.75. The van der Waals surface area contributed by atoms with Gasteiger partial charge in [-0.05, 0) is 12.1 Å². The number of nitrogens with one attached hydrogen (secondary N) is 1. The molecule has 0 aromatic heterocycles. The van der Waals surface area contributed by atoms with Crippen molar-refractivity contribution < 1.29 is 18.3 Å². The van der Waals surface area contributed by atoms with Crippen molar-refractivity contribution in [1.29, 1.82) is 0 Å². The Bertz CT molecular complexity index is 917. The normalized spacial score (nSPS) is 22.5. The number of para-hydroxylation sites is 1. The van der Waals surface area contributed by atoms with Crippen LogP contribution in [-0.4, -0.2) is 43.6 Å². The summed E-state index contributed by atoms with van der Waals surface area (Å²) in [6, 6.07) is 4.67. The molecule has 1 saturated heterocycles. The van der Waals surface area contributed by atoms with E-state index in [9.17, 15) is 8.78 Å². The maximum Gasteiger partial charge on any atom is 0.310 e. The topological polar surface area (TPSA) is 98.1 Å². The number of fused-ring (bicyclic) bond motifs is 1. The number of amidine groups is 1. The Labute approximate surface area is 167 Å². The quantitative estimate of drug-likeness (QED) is 0.521. The van der Waals surface area contributed by atoms with Gasteiger partial charge in [-0.25, -0.2) is 0 Å². The van der Waals surface area contributed by atoms with Gasteiger partial charge in [0.05, 0.1) is 36.7 Å². The number of hydrogen-bond donors (Lipinski definition) is 3. The van der Waals surface area contributed by atoms with Gasteiger partial charge in [-0.15, -0.1) is 0 Å². The molecule has 0 spiro atoms. The van der Waals surface area contributed by atoms with E-state index < -0.39 is 12.5 Å². The molecule has 3 aliphatic rings. The summed E-state index contributed by atoms with van der Waals surface area (Å²) in [4.78, 5) is 6.59. The minimum absolute atomic E-state index is 0.109. The molecule has 0 amide bonds. The Morgan fingerprint density at radius 3 is 2.86 bits per heavy atom. The Kier molecular flexibility index (Phi) is 5.14. The molecule has 0 aliphatic carbocycles. The summed E-state index contributed by atoms with van der Waals surface area (Å²) in [5.74, 6) is -2.53. The zero-order valence-corrected chi connectivity index (χ0v) is 15.8. The summed E-state index contributed by atoms with van der Waals surface area (Å²) in [5, 5.41) is 3.14. The maximum absolute atomic E-state index is 13.9. The van der Waals surface area contributed by atoms with E-state index in [2.05, 4.69) is 15.2 Å². The molecular formula is C20H23F2N5O2. The van der Waals surface area contributed by atoms with E-state index in [1.165, 1.54) is 12.3 Å². The van der Waals surface area contributed by atoms with Crippen LogP contribution in [0.4, 0.5) is 8.78 Å². The molecule has 1 aromatic rings. The van der Waals surface area contributed by atoms with Crippen molar-refractivity contribution in [2.45, 2.75) is 12.5 Å². The van der Waals surface area contributed by atoms with Gasteiger partial charge in [0.15, 0.2) is 6.61 Å². The molecule has 4 rings (SSSR count). The molecule has 0 unspecified atom stereocenters. The van der Waals surface area contributed by atoms with Crippen LogP contribution in [0.25, 0.3) is 0 Å². The Morgan fingerprint density at radius 1 is 1.31 bits per heavy atom. The smallest absolute Gasteiger partial charge is 0.310 e.